The molecule has 18 heavy (non-hydrogen) atoms. The maximum Gasteiger partial charge on any atom is 0.337 e. The minimum absolute atomic E-state index is 0.116. The number of rotatable bonds is 5. The van der Waals surface area contributed by atoms with Crippen molar-refractivity contribution in [3.63, 3.8) is 0 Å². The maximum atomic E-state index is 11.5. The van der Waals surface area contributed by atoms with Crippen LogP contribution in [-0.4, -0.2) is 37.1 Å². The zero-order chi connectivity index (χ0) is 13.7. The molecule has 1 amide bonds. The third-order valence-corrected chi connectivity index (χ3v) is 2.85. The monoisotopic (exact) mass is 314 g/mol. The van der Waals surface area contributed by atoms with Crippen molar-refractivity contribution >= 4 is 33.5 Å². The normalized spacial score (nSPS) is 9.94. The van der Waals surface area contributed by atoms with Crippen molar-refractivity contribution in [1.82, 2.24) is 5.32 Å². The van der Waals surface area contributed by atoms with Crippen LogP contribution in [0.15, 0.2) is 22.7 Å². The lowest BCUT2D eigenvalue weighted by Gasteiger charge is -2.20. The van der Waals surface area contributed by atoms with E-state index < -0.39 is 5.97 Å². The molecule has 0 atom stereocenters. The molecular formula is C12H15BrN2O3. The van der Waals surface area contributed by atoms with Crippen LogP contribution in [0.25, 0.3) is 0 Å². The van der Waals surface area contributed by atoms with Gasteiger partial charge in [-0.25, -0.2) is 4.79 Å². The molecule has 0 heterocycles. The van der Waals surface area contributed by atoms with E-state index in [0.717, 1.165) is 4.47 Å². The average molecular weight is 315 g/mol. The van der Waals surface area contributed by atoms with Crippen LogP contribution in [0.1, 0.15) is 17.3 Å². The minimum Gasteiger partial charge on any atom is -0.478 e. The summed E-state index contributed by atoms with van der Waals surface area (Å²) >= 11 is 3.29. The molecular weight excluding hydrogens is 300 g/mol. The van der Waals surface area contributed by atoms with E-state index in [-0.39, 0.29) is 18.0 Å². The van der Waals surface area contributed by atoms with Crippen molar-refractivity contribution in [2.75, 3.05) is 25.0 Å². The first kappa shape index (κ1) is 14.5. The average Bonchev–Trinajstić information content (AvgIpc) is 2.28. The lowest BCUT2D eigenvalue weighted by Crippen LogP contribution is -2.35. The number of nitrogens with one attached hydrogen (secondary N) is 1. The molecule has 0 bridgehead atoms. The van der Waals surface area contributed by atoms with E-state index in [1.54, 1.807) is 24.1 Å². The summed E-state index contributed by atoms with van der Waals surface area (Å²) in [4.78, 5) is 24.2. The van der Waals surface area contributed by atoms with Gasteiger partial charge in [0.1, 0.15) is 0 Å². The number of anilines is 1. The van der Waals surface area contributed by atoms with Crippen LogP contribution in [0.2, 0.25) is 0 Å². The van der Waals surface area contributed by atoms with Crippen molar-refractivity contribution in [2.45, 2.75) is 6.92 Å². The lowest BCUT2D eigenvalue weighted by atomic mass is 10.1. The van der Waals surface area contributed by atoms with Crippen LogP contribution in [0.4, 0.5) is 5.69 Å². The van der Waals surface area contributed by atoms with Gasteiger partial charge in [0.25, 0.3) is 0 Å². The van der Waals surface area contributed by atoms with Gasteiger partial charge in [-0.1, -0.05) is 15.9 Å². The zero-order valence-electron chi connectivity index (χ0n) is 10.2. The number of benzene rings is 1. The van der Waals surface area contributed by atoms with Crippen molar-refractivity contribution in [3.8, 4) is 0 Å². The number of hydrogen-bond donors (Lipinski definition) is 2. The smallest absolute Gasteiger partial charge is 0.337 e. The standard InChI is InChI=1S/C12H15BrN2O3/c1-3-14-11(16)7-15(2)10-6-8(13)4-5-9(10)12(17)18/h4-6H,3,7H2,1-2H3,(H,14,16)(H,17,18). The van der Waals surface area contributed by atoms with Crippen molar-refractivity contribution in [2.24, 2.45) is 0 Å². The topological polar surface area (TPSA) is 69.6 Å². The van der Waals surface area contributed by atoms with Crippen LogP contribution in [0, 0.1) is 0 Å². The number of halogens is 1. The molecule has 5 nitrogen and oxygen atoms in total. The van der Waals surface area contributed by atoms with E-state index in [0.29, 0.717) is 12.2 Å². The van der Waals surface area contributed by atoms with E-state index in [9.17, 15) is 9.59 Å². The summed E-state index contributed by atoms with van der Waals surface area (Å²) in [5.74, 6) is -1.16. The number of carbonyl (C=O) groups excluding carboxylic acids is 1. The molecule has 0 unspecified atom stereocenters. The highest BCUT2D eigenvalue weighted by Crippen LogP contribution is 2.24. The van der Waals surface area contributed by atoms with Gasteiger partial charge in [-0.2, -0.15) is 0 Å². The molecule has 0 radical (unpaired) electrons. The molecule has 0 saturated heterocycles. The highest BCUT2D eigenvalue weighted by Gasteiger charge is 2.15. The fraction of sp³-hybridized carbons (Fsp3) is 0.333. The third kappa shape index (κ3) is 3.73. The number of carboxylic acids is 1. The largest absolute Gasteiger partial charge is 0.478 e. The number of hydrogen-bond acceptors (Lipinski definition) is 3. The molecule has 0 saturated carbocycles. The second-order valence-electron chi connectivity index (χ2n) is 3.78. The zero-order valence-corrected chi connectivity index (χ0v) is 11.8. The molecule has 0 aliphatic carbocycles. The maximum absolute atomic E-state index is 11.5. The Labute approximate surface area is 114 Å². The van der Waals surface area contributed by atoms with E-state index >= 15 is 0 Å². The van der Waals surface area contributed by atoms with Crippen molar-refractivity contribution in [3.05, 3.63) is 28.2 Å². The minimum atomic E-state index is -1.01. The molecule has 0 aromatic heterocycles. The van der Waals surface area contributed by atoms with Gasteiger partial charge < -0.3 is 15.3 Å². The van der Waals surface area contributed by atoms with Crippen LogP contribution in [0.5, 0.6) is 0 Å². The van der Waals surface area contributed by atoms with E-state index in [1.165, 1.54) is 6.07 Å². The number of amides is 1. The number of likely N-dealkylation sites (N-methyl/N-ethyl adjacent to an activating group) is 2. The van der Waals surface area contributed by atoms with Gasteiger partial charge in [-0.15, -0.1) is 0 Å². The highest BCUT2D eigenvalue weighted by molar-refractivity contribution is 9.10. The molecule has 98 valence electrons. The van der Waals surface area contributed by atoms with Crippen LogP contribution < -0.4 is 10.2 Å². The van der Waals surface area contributed by atoms with Crippen LogP contribution in [0.3, 0.4) is 0 Å². The van der Waals surface area contributed by atoms with Crippen LogP contribution in [-0.2, 0) is 4.79 Å². The van der Waals surface area contributed by atoms with Gasteiger partial charge in [0, 0.05) is 18.1 Å². The lowest BCUT2D eigenvalue weighted by molar-refractivity contribution is -0.119. The Balaban J connectivity index is 2.96. The summed E-state index contributed by atoms with van der Waals surface area (Å²) in [6.45, 7) is 2.50. The molecule has 1 aromatic rings. The Hall–Kier alpha value is -1.56. The highest BCUT2D eigenvalue weighted by atomic mass is 79.9. The number of carboxylic acid groups (broad SMARTS) is 1. The predicted octanol–water partition coefficient (Wildman–Crippen LogP) is 1.72. The fourth-order valence-corrected chi connectivity index (χ4v) is 1.90. The number of aromatic carboxylic acids is 1. The van der Waals surface area contributed by atoms with Gasteiger partial charge in [-0.05, 0) is 25.1 Å². The van der Waals surface area contributed by atoms with Gasteiger partial charge in [-0.3, -0.25) is 4.79 Å². The van der Waals surface area contributed by atoms with E-state index in [1.807, 2.05) is 6.92 Å². The van der Waals surface area contributed by atoms with Crippen LogP contribution >= 0.6 is 15.9 Å². The SMILES string of the molecule is CCNC(=O)CN(C)c1cc(Br)ccc1C(=O)O. The molecule has 6 heteroatoms. The quantitative estimate of drug-likeness (QED) is 0.868. The van der Waals surface area contributed by atoms with E-state index in [4.69, 9.17) is 5.11 Å². The van der Waals surface area contributed by atoms with Gasteiger partial charge in [0.15, 0.2) is 0 Å². The summed E-state index contributed by atoms with van der Waals surface area (Å²) in [6, 6.07) is 4.85. The molecule has 2 N–H and O–H groups in total. The molecule has 0 aliphatic rings. The fourth-order valence-electron chi connectivity index (χ4n) is 1.56. The number of nitrogens with zero attached hydrogens (tertiary/aromatic N) is 1. The summed E-state index contributed by atoms with van der Waals surface area (Å²) in [5, 5.41) is 11.8. The first-order valence-corrected chi connectivity index (χ1v) is 6.25. The predicted molar refractivity (Wildman–Crippen MR) is 73.1 cm³/mol. The molecule has 0 fully saturated rings. The molecule has 0 spiro atoms. The Kier molecular flexibility index (Phi) is 5.15. The molecule has 1 rings (SSSR count). The third-order valence-electron chi connectivity index (χ3n) is 2.36. The Morgan fingerprint density at radius 2 is 2.11 bits per heavy atom. The van der Waals surface area contributed by atoms with Crippen molar-refractivity contribution in [1.29, 1.82) is 0 Å². The van der Waals surface area contributed by atoms with Gasteiger partial charge >= 0.3 is 5.97 Å². The Morgan fingerprint density at radius 1 is 1.44 bits per heavy atom. The molecule has 0 aliphatic heterocycles. The second kappa shape index (κ2) is 6.39. The first-order chi connectivity index (χ1) is 8.45. The first-order valence-electron chi connectivity index (χ1n) is 5.46. The van der Waals surface area contributed by atoms with Crippen molar-refractivity contribution < 1.29 is 14.7 Å². The summed E-state index contributed by atoms with van der Waals surface area (Å²) in [7, 11) is 1.68. The van der Waals surface area contributed by atoms with Gasteiger partial charge in [0.2, 0.25) is 5.91 Å². The molecule has 1 aromatic carbocycles. The Bertz CT molecular complexity index is 463. The summed E-state index contributed by atoms with van der Waals surface area (Å²) in [6.07, 6.45) is 0. The summed E-state index contributed by atoms with van der Waals surface area (Å²) in [5.41, 5.74) is 0.674. The van der Waals surface area contributed by atoms with E-state index in [2.05, 4.69) is 21.2 Å². The van der Waals surface area contributed by atoms with Gasteiger partial charge in [0.05, 0.1) is 17.8 Å². The second-order valence-corrected chi connectivity index (χ2v) is 4.69. The number of carbonyl (C=O) groups is 2. The Morgan fingerprint density at radius 3 is 2.67 bits per heavy atom. The summed E-state index contributed by atoms with van der Waals surface area (Å²) < 4.78 is 0.769.